The van der Waals surface area contributed by atoms with Crippen LogP contribution < -0.4 is 16.4 Å². The van der Waals surface area contributed by atoms with Gasteiger partial charge in [0, 0.05) is 40.5 Å². The zero-order chi connectivity index (χ0) is 25.2. The van der Waals surface area contributed by atoms with Crippen LogP contribution in [0.1, 0.15) is 5.56 Å². The second-order valence-corrected chi connectivity index (χ2v) is 9.06. The van der Waals surface area contributed by atoms with Gasteiger partial charge in [-0.25, -0.2) is 4.98 Å². The van der Waals surface area contributed by atoms with Crippen LogP contribution in [0.4, 0.5) is 28.4 Å². The zero-order valence-electron chi connectivity index (χ0n) is 20.3. The lowest BCUT2D eigenvalue weighted by atomic mass is 10.1. The van der Waals surface area contributed by atoms with Gasteiger partial charge < -0.3 is 20.9 Å². The number of fused-ring (bicyclic) bond motifs is 1. The fourth-order valence-electron chi connectivity index (χ4n) is 4.68. The van der Waals surface area contributed by atoms with E-state index in [1.54, 1.807) is 0 Å². The van der Waals surface area contributed by atoms with Gasteiger partial charge in [0.25, 0.3) is 0 Å². The molecule has 6 aromatic rings. The van der Waals surface area contributed by atoms with Crippen molar-refractivity contribution < 1.29 is 0 Å². The number of rotatable bonds is 6. The van der Waals surface area contributed by atoms with E-state index in [2.05, 4.69) is 76.2 Å². The summed E-state index contributed by atoms with van der Waals surface area (Å²) >= 11 is 0. The van der Waals surface area contributed by atoms with Crippen molar-refractivity contribution >= 4 is 39.5 Å². The summed E-state index contributed by atoms with van der Waals surface area (Å²) in [6, 6.07) is 43.1. The highest BCUT2D eigenvalue weighted by Gasteiger charge is 2.16. The Bertz CT molecular complexity index is 1590. The maximum Gasteiger partial charge on any atom is 0.141 e. The van der Waals surface area contributed by atoms with Crippen molar-refractivity contribution in [3.05, 3.63) is 133 Å². The number of nitrogens with zero attached hydrogens (tertiary/aromatic N) is 3. The predicted molar refractivity (Wildman–Crippen MR) is 154 cm³/mol. The average molecular weight is 482 g/mol. The highest BCUT2D eigenvalue weighted by molar-refractivity contribution is 5.82. The van der Waals surface area contributed by atoms with Crippen LogP contribution in [0.3, 0.4) is 0 Å². The van der Waals surface area contributed by atoms with Crippen LogP contribution in [0.25, 0.3) is 22.4 Å². The Labute approximate surface area is 216 Å². The van der Waals surface area contributed by atoms with Crippen LogP contribution in [-0.2, 0) is 6.54 Å². The summed E-state index contributed by atoms with van der Waals surface area (Å²) < 4.78 is 2.29. The molecule has 0 spiro atoms. The maximum absolute atomic E-state index is 5.97. The number of anilines is 5. The summed E-state index contributed by atoms with van der Waals surface area (Å²) in [7, 11) is 0. The Morgan fingerprint density at radius 1 is 0.568 bits per heavy atom. The molecule has 37 heavy (non-hydrogen) atoms. The Kier molecular flexibility index (Phi) is 5.79. The van der Waals surface area contributed by atoms with E-state index < -0.39 is 0 Å². The van der Waals surface area contributed by atoms with Crippen LogP contribution in [0.15, 0.2) is 127 Å². The number of aromatic nitrogens is 2. The minimum atomic E-state index is 0.730. The van der Waals surface area contributed by atoms with E-state index in [9.17, 15) is 0 Å². The predicted octanol–water partition coefficient (Wildman–Crippen LogP) is 7.39. The molecule has 1 heterocycles. The lowest BCUT2D eigenvalue weighted by Crippen LogP contribution is -2.10. The highest BCUT2D eigenvalue weighted by Crippen LogP contribution is 2.36. The molecular formula is C32H27N5. The quantitative estimate of drug-likeness (QED) is 0.243. The minimum absolute atomic E-state index is 0.730. The molecule has 5 nitrogen and oxygen atoms in total. The van der Waals surface area contributed by atoms with Crippen LogP contribution in [0.2, 0.25) is 0 Å². The molecule has 0 saturated heterocycles. The molecule has 0 fully saturated rings. The topological polar surface area (TPSA) is 73.1 Å². The molecule has 0 aliphatic carbocycles. The fourth-order valence-corrected chi connectivity index (χ4v) is 4.68. The minimum Gasteiger partial charge on any atom is -0.399 e. The van der Waals surface area contributed by atoms with Crippen LogP contribution in [0, 0.1) is 0 Å². The van der Waals surface area contributed by atoms with Gasteiger partial charge in [-0.05, 0) is 90.5 Å². The van der Waals surface area contributed by atoms with Gasteiger partial charge in [0.2, 0.25) is 0 Å². The third-order valence-electron chi connectivity index (χ3n) is 6.52. The Morgan fingerprint density at radius 2 is 1.08 bits per heavy atom. The van der Waals surface area contributed by atoms with Crippen molar-refractivity contribution in [3.8, 4) is 11.4 Å². The molecule has 0 amide bonds. The van der Waals surface area contributed by atoms with Gasteiger partial charge in [0.15, 0.2) is 0 Å². The molecule has 0 saturated carbocycles. The molecule has 4 N–H and O–H groups in total. The normalized spacial score (nSPS) is 11.0. The summed E-state index contributed by atoms with van der Waals surface area (Å²) in [5, 5.41) is 0. The van der Waals surface area contributed by atoms with Crippen LogP contribution >= 0.6 is 0 Å². The molecule has 0 bridgehead atoms. The van der Waals surface area contributed by atoms with Crippen molar-refractivity contribution in [3.63, 3.8) is 0 Å². The van der Waals surface area contributed by atoms with Gasteiger partial charge in [-0.15, -0.1) is 0 Å². The molecule has 0 aliphatic rings. The summed E-state index contributed by atoms with van der Waals surface area (Å²) in [6.45, 7) is 0.751. The first-order chi connectivity index (χ1) is 18.2. The third kappa shape index (κ3) is 4.50. The molecule has 6 rings (SSSR count). The lowest BCUT2D eigenvalue weighted by molar-refractivity contribution is 0.834. The number of hydrogen-bond acceptors (Lipinski definition) is 4. The molecule has 0 unspecified atom stereocenters. The SMILES string of the molecule is Nc1ccc(N(c2ccc(N)cc2)c2ccc(-c3nc4ccccc4n3Cc3ccccc3)cc2)cc1. The van der Waals surface area contributed by atoms with Gasteiger partial charge in [0.05, 0.1) is 11.0 Å². The number of imidazole rings is 1. The second-order valence-electron chi connectivity index (χ2n) is 9.06. The van der Waals surface area contributed by atoms with E-state index in [-0.39, 0.29) is 0 Å². The molecule has 5 heteroatoms. The molecule has 180 valence electrons. The summed E-state index contributed by atoms with van der Waals surface area (Å²) in [4.78, 5) is 7.20. The zero-order valence-corrected chi connectivity index (χ0v) is 20.3. The van der Waals surface area contributed by atoms with Crippen LogP contribution in [0.5, 0.6) is 0 Å². The van der Waals surface area contributed by atoms with E-state index in [0.717, 1.165) is 57.4 Å². The van der Waals surface area contributed by atoms with Gasteiger partial charge in [-0.2, -0.15) is 0 Å². The Balaban J connectivity index is 1.42. The smallest absolute Gasteiger partial charge is 0.141 e. The number of benzene rings is 5. The molecule has 0 radical (unpaired) electrons. The largest absolute Gasteiger partial charge is 0.399 e. The number of nitrogens with two attached hydrogens (primary N) is 2. The first-order valence-electron chi connectivity index (χ1n) is 12.3. The van der Waals surface area contributed by atoms with Crippen LogP contribution in [-0.4, -0.2) is 9.55 Å². The number of hydrogen-bond donors (Lipinski definition) is 2. The first kappa shape index (κ1) is 22.4. The van der Waals surface area contributed by atoms with E-state index in [4.69, 9.17) is 16.5 Å². The summed E-state index contributed by atoms with van der Waals surface area (Å²) in [5.41, 5.74) is 20.9. The van der Waals surface area contributed by atoms with E-state index in [0.29, 0.717) is 0 Å². The average Bonchev–Trinajstić information content (AvgIpc) is 3.30. The van der Waals surface area contributed by atoms with Crippen molar-refractivity contribution in [1.29, 1.82) is 0 Å². The first-order valence-corrected chi connectivity index (χ1v) is 12.3. The van der Waals surface area contributed by atoms with Crippen molar-refractivity contribution in [2.75, 3.05) is 16.4 Å². The van der Waals surface area contributed by atoms with Gasteiger partial charge in [-0.1, -0.05) is 42.5 Å². The molecule has 0 aliphatic heterocycles. The number of para-hydroxylation sites is 2. The highest BCUT2D eigenvalue weighted by atomic mass is 15.1. The van der Waals surface area contributed by atoms with Gasteiger partial charge in [-0.3, -0.25) is 0 Å². The molecule has 5 aromatic carbocycles. The van der Waals surface area contributed by atoms with E-state index in [1.165, 1.54) is 5.56 Å². The second kappa shape index (κ2) is 9.55. The van der Waals surface area contributed by atoms with E-state index in [1.807, 2.05) is 60.7 Å². The Hall–Kier alpha value is -5.03. The molecular weight excluding hydrogens is 454 g/mol. The molecule has 1 aromatic heterocycles. The van der Waals surface area contributed by atoms with Crippen molar-refractivity contribution in [1.82, 2.24) is 9.55 Å². The van der Waals surface area contributed by atoms with E-state index >= 15 is 0 Å². The van der Waals surface area contributed by atoms with Gasteiger partial charge >= 0.3 is 0 Å². The van der Waals surface area contributed by atoms with Crippen molar-refractivity contribution in [2.45, 2.75) is 6.54 Å². The fraction of sp³-hybridized carbons (Fsp3) is 0.0312. The van der Waals surface area contributed by atoms with Gasteiger partial charge in [0.1, 0.15) is 5.82 Å². The standard InChI is InChI=1S/C32H27N5/c33-25-12-18-28(19-13-25)37(29-20-14-26(34)15-21-29)27-16-10-24(11-17-27)32-35-30-8-4-5-9-31(30)36(32)22-23-6-2-1-3-7-23/h1-21H,22,33-34H2. The maximum atomic E-state index is 5.97. The van der Waals surface area contributed by atoms with Crippen molar-refractivity contribution in [2.24, 2.45) is 0 Å². The summed E-state index contributed by atoms with van der Waals surface area (Å²) in [5.74, 6) is 0.947. The monoisotopic (exact) mass is 481 g/mol. The Morgan fingerprint density at radius 3 is 1.68 bits per heavy atom. The lowest BCUT2D eigenvalue weighted by Gasteiger charge is -2.26. The number of nitrogen functional groups attached to an aromatic ring is 2. The third-order valence-corrected chi connectivity index (χ3v) is 6.52. The molecule has 0 atom stereocenters. The summed E-state index contributed by atoms with van der Waals surface area (Å²) in [6.07, 6.45) is 0.